The number of hydrogen-bond donors (Lipinski definition) is 1. The predicted molar refractivity (Wildman–Crippen MR) is 69.9 cm³/mol. The van der Waals surface area contributed by atoms with Crippen LogP contribution in [-0.4, -0.2) is 26.0 Å². The molecule has 100 valence electrons. The highest BCUT2D eigenvalue weighted by Gasteiger charge is 2.31. The van der Waals surface area contributed by atoms with Crippen molar-refractivity contribution >= 4 is 21.4 Å². The predicted octanol–water partition coefficient (Wildman–Crippen LogP) is 1.78. The van der Waals surface area contributed by atoms with Crippen LogP contribution in [-0.2, 0) is 16.3 Å². The van der Waals surface area contributed by atoms with E-state index in [1.165, 1.54) is 12.1 Å². The van der Waals surface area contributed by atoms with Crippen molar-refractivity contribution in [2.75, 3.05) is 11.5 Å². The highest BCUT2D eigenvalue weighted by atomic mass is 35.5. The molecule has 0 spiro atoms. The van der Waals surface area contributed by atoms with Crippen LogP contribution in [0.4, 0.5) is 4.39 Å². The minimum atomic E-state index is -2.92. The van der Waals surface area contributed by atoms with Crippen molar-refractivity contribution in [1.82, 2.24) is 0 Å². The maximum Gasteiger partial charge on any atom is 0.150 e. The molecule has 0 amide bonds. The molecule has 1 heterocycles. The first kappa shape index (κ1) is 13.8. The zero-order valence-corrected chi connectivity index (χ0v) is 11.3. The summed E-state index contributed by atoms with van der Waals surface area (Å²) in [7, 11) is -2.92. The average Bonchev–Trinajstić information content (AvgIpc) is 2.64. The summed E-state index contributed by atoms with van der Waals surface area (Å²) in [5, 5.41) is 0.0794. The fourth-order valence-electron chi connectivity index (χ4n) is 2.27. The zero-order chi connectivity index (χ0) is 13.3. The van der Waals surface area contributed by atoms with Gasteiger partial charge in [0.25, 0.3) is 0 Å². The number of rotatable bonds is 3. The van der Waals surface area contributed by atoms with E-state index in [0.717, 1.165) is 5.56 Å². The number of sulfone groups is 1. The largest absolute Gasteiger partial charge is 0.327 e. The van der Waals surface area contributed by atoms with E-state index in [1.807, 2.05) is 0 Å². The maximum absolute atomic E-state index is 13.3. The summed E-state index contributed by atoms with van der Waals surface area (Å²) in [6.45, 7) is 0. The van der Waals surface area contributed by atoms with Crippen LogP contribution in [0.2, 0.25) is 5.02 Å². The molecular weight excluding hydrogens is 277 g/mol. The van der Waals surface area contributed by atoms with Crippen LogP contribution in [0.1, 0.15) is 12.0 Å². The molecule has 1 saturated heterocycles. The lowest BCUT2D eigenvalue weighted by atomic mass is 9.94. The molecule has 1 aromatic rings. The Morgan fingerprint density at radius 2 is 2.22 bits per heavy atom. The molecule has 0 bridgehead atoms. The van der Waals surface area contributed by atoms with Gasteiger partial charge < -0.3 is 5.73 Å². The molecule has 0 radical (unpaired) electrons. The van der Waals surface area contributed by atoms with Gasteiger partial charge in [-0.3, -0.25) is 0 Å². The van der Waals surface area contributed by atoms with Crippen LogP contribution in [0.15, 0.2) is 18.2 Å². The van der Waals surface area contributed by atoms with E-state index in [0.29, 0.717) is 12.8 Å². The Labute approximate surface area is 111 Å². The van der Waals surface area contributed by atoms with Crippen molar-refractivity contribution in [2.24, 2.45) is 11.7 Å². The third-order valence-corrected chi connectivity index (χ3v) is 5.43. The second-order valence-corrected chi connectivity index (χ2v) is 7.42. The molecule has 0 aliphatic carbocycles. The molecule has 1 aromatic carbocycles. The molecule has 1 fully saturated rings. The first-order chi connectivity index (χ1) is 8.37. The normalized spacial score (nSPS) is 24.1. The monoisotopic (exact) mass is 291 g/mol. The number of nitrogens with two attached hydrogens (primary N) is 1. The molecule has 0 saturated carbocycles. The molecule has 2 N–H and O–H groups in total. The van der Waals surface area contributed by atoms with Crippen LogP contribution < -0.4 is 5.73 Å². The fourth-order valence-corrected chi connectivity index (χ4v) is 4.28. The van der Waals surface area contributed by atoms with E-state index in [1.54, 1.807) is 6.07 Å². The quantitative estimate of drug-likeness (QED) is 0.923. The van der Waals surface area contributed by atoms with Crippen molar-refractivity contribution in [3.8, 4) is 0 Å². The summed E-state index contributed by atoms with van der Waals surface area (Å²) < 4.78 is 36.0. The summed E-state index contributed by atoms with van der Waals surface area (Å²) in [5.74, 6) is -0.154. The Balaban J connectivity index is 2.03. The summed E-state index contributed by atoms with van der Waals surface area (Å²) in [6.07, 6.45) is 1.06. The highest BCUT2D eigenvalue weighted by molar-refractivity contribution is 7.91. The average molecular weight is 292 g/mol. The standard InChI is InChI=1S/C12H15ClFNO2S/c13-10-2-1-8(5-11(10)14)6-12(15)9-3-4-18(16,17)7-9/h1-2,5,9,12H,3-4,6-7,15H2. The Morgan fingerprint density at radius 3 is 2.78 bits per heavy atom. The van der Waals surface area contributed by atoms with Crippen molar-refractivity contribution < 1.29 is 12.8 Å². The molecular formula is C12H15ClFNO2S. The third kappa shape index (κ3) is 3.22. The van der Waals surface area contributed by atoms with Gasteiger partial charge >= 0.3 is 0 Å². The smallest absolute Gasteiger partial charge is 0.150 e. The molecule has 0 aromatic heterocycles. The van der Waals surface area contributed by atoms with Gasteiger partial charge in [0.05, 0.1) is 16.5 Å². The molecule has 6 heteroatoms. The number of halogens is 2. The highest BCUT2D eigenvalue weighted by Crippen LogP contribution is 2.24. The van der Waals surface area contributed by atoms with E-state index in [-0.39, 0.29) is 28.5 Å². The summed E-state index contributed by atoms with van der Waals surface area (Å²) in [5.41, 5.74) is 6.74. The lowest BCUT2D eigenvalue weighted by Gasteiger charge is -2.17. The second-order valence-electron chi connectivity index (χ2n) is 4.78. The number of benzene rings is 1. The lowest BCUT2D eigenvalue weighted by Crippen LogP contribution is -2.33. The summed E-state index contributed by atoms with van der Waals surface area (Å²) >= 11 is 5.60. The molecule has 18 heavy (non-hydrogen) atoms. The van der Waals surface area contributed by atoms with E-state index >= 15 is 0 Å². The zero-order valence-electron chi connectivity index (χ0n) is 9.77. The van der Waals surface area contributed by atoms with Crippen molar-refractivity contribution in [3.05, 3.63) is 34.6 Å². The molecule has 2 atom stereocenters. The van der Waals surface area contributed by atoms with Crippen LogP contribution in [0, 0.1) is 11.7 Å². The lowest BCUT2D eigenvalue weighted by molar-refractivity contribution is 0.460. The Morgan fingerprint density at radius 1 is 1.50 bits per heavy atom. The first-order valence-corrected chi connectivity index (χ1v) is 7.97. The summed E-state index contributed by atoms with van der Waals surface area (Å²) in [6, 6.07) is 4.30. The van der Waals surface area contributed by atoms with Gasteiger partial charge in [0.15, 0.2) is 9.84 Å². The maximum atomic E-state index is 13.3. The van der Waals surface area contributed by atoms with Crippen molar-refractivity contribution in [3.63, 3.8) is 0 Å². The molecule has 2 unspecified atom stereocenters. The second kappa shape index (κ2) is 5.15. The van der Waals surface area contributed by atoms with E-state index in [9.17, 15) is 12.8 Å². The molecule has 3 nitrogen and oxygen atoms in total. The first-order valence-electron chi connectivity index (χ1n) is 5.77. The third-order valence-electron chi connectivity index (χ3n) is 3.33. The summed E-state index contributed by atoms with van der Waals surface area (Å²) in [4.78, 5) is 0. The van der Waals surface area contributed by atoms with Crippen LogP contribution in [0.25, 0.3) is 0 Å². The van der Waals surface area contributed by atoms with E-state index < -0.39 is 15.7 Å². The van der Waals surface area contributed by atoms with Gasteiger partial charge in [-0.15, -0.1) is 0 Å². The molecule has 1 aliphatic heterocycles. The van der Waals surface area contributed by atoms with Gasteiger partial charge in [0.1, 0.15) is 5.82 Å². The van der Waals surface area contributed by atoms with Gasteiger partial charge in [-0.25, -0.2) is 12.8 Å². The Bertz CT molecular complexity index is 547. The van der Waals surface area contributed by atoms with E-state index in [4.69, 9.17) is 17.3 Å². The minimum absolute atomic E-state index is 0.0336. The Kier molecular flexibility index (Phi) is 3.94. The fraction of sp³-hybridized carbons (Fsp3) is 0.500. The van der Waals surface area contributed by atoms with Crippen LogP contribution in [0.3, 0.4) is 0 Å². The van der Waals surface area contributed by atoms with Gasteiger partial charge in [-0.05, 0) is 36.5 Å². The van der Waals surface area contributed by atoms with Gasteiger partial charge in [-0.2, -0.15) is 0 Å². The topological polar surface area (TPSA) is 60.2 Å². The van der Waals surface area contributed by atoms with Crippen LogP contribution in [0.5, 0.6) is 0 Å². The molecule has 1 aliphatic rings. The SMILES string of the molecule is NC(Cc1ccc(Cl)c(F)c1)C1CCS(=O)(=O)C1. The van der Waals surface area contributed by atoms with Crippen molar-refractivity contribution in [2.45, 2.75) is 18.9 Å². The number of hydrogen-bond acceptors (Lipinski definition) is 3. The minimum Gasteiger partial charge on any atom is -0.327 e. The van der Waals surface area contributed by atoms with Crippen LogP contribution >= 0.6 is 11.6 Å². The molecule has 2 rings (SSSR count). The van der Waals surface area contributed by atoms with E-state index in [2.05, 4.69) is 0 Å². The van der Waals surface area contributed by atoms with Gasteiger partial charge in [0, 0.05) is 6.04 Å². The van der Waals surface area contributed by atoms with Gasteiger partial charge in [-0.1, -0.05) is 17.7 Å². The Hall–Kier alpha value is -0.650. The van der Waals surface area contributed by atoms with Crippen molar-refractivity contribution in [1.29, 1.82) is 0 Å². The van der Waals surface area contributed by atoms with Gasteiger partial charge in [0.2, 0.25) is 0 Å².